The van der Waals surface area contributed by atoms with Gasteiger partial charge in [-0.1, -0.05) is 37.3 Å². The Morgan fingerprint density at radius 1 is 1.39 bits per heavy atom. The Labute approximate surface area is 145 Å². The molecule has 4 nitrogen and oxygen atoms in total. The number of nitrogens with zero attached hydrogens (tertiary/aromatic N) is 1. The van der Waals surface area contributed by atoms with Gasteiger partial charge < -0.3 is 15.0 Å². The minimum atomic E-state index is -0.303. The summed E-state index contributed by atoms with van der Waals surface area (Å²) in [4.78, 5) is 14.9. The molecule has 2 aliphatic rings. The molecule has 0 aromatic heterocycles. The van der Waals surface area contributed by atoms with Crippen molar-refractivity contribution in [3.05, 3.63) is 35.9 Å². The van der Waals surface area contributed by atoms with Crippen molar-refractivity contribution in [2.75, 3.05) is 26.2 Å². The van der Waals surface area contributed by atoms with Gasteiger partial charge in [-0.3, -0.25) is 4.79 Å². The normalized spacial score (nSPS) is 25.7. The number of rotatable bonds is 4. The van der Waals surface area contributed by atoms with Crippen molar-refractivity contribution in [2.24, 2.45) is 0 Å². The maximum atomic E-state index is 12.8. The van der Waals surface area contributed by atoms with Crippen LogP contribution < -0.4 is 5.32 Å². The molecule has 0 bridgehead atoms. The molecule has 2 fully saturated rings. The third kappa shape index (κ3) is 4.06. The predicted octanol–water partition coefficient (Wildman–Crippen LogP) is 2.58. The fourth-order valence-corrected chi connectivity index (χ4v) is 3.82. The Morgan fingerprint density at radius 2 is 2.17 bits per heavy atom. The van der Waals surface area contributed by atoms with Gasteiger partial charge in [-0.05, 0) is 24.8 Å². The van der Waals surface area contributed by atoms with E-state index in [4.69, 9.17) is 4.74 Å². The zero-order valence-corrected chi connectivity index (χ0v) is 14.6. The second-order valence-electron chi connectivity index (χ2n) is 6.23. The van der Waals surface area contributed by atoms with Crippen LogP contribution in [0.5, 0.6) is 0 Å². The molecule has 23 heavy (non-hydrogen) atoms. The maximum Gasteiger partial charge on any atom is 0.253 e. The molecule has 0 aliphatic carbocycles. The molecule has 1 aromatic carbocycles. The summed E-state index contributed by atoms with van der Waals surface area (Å²) in [6.45, 7) is 5.20. The van der Waals surface area contributed by atoms with Gasteiger partial charge in [0.1, 0.15) is 6.10 Å². The van der Waals surface area contributed by atoms with Gasteiger partial charge in [-0.25, -0.2) is 0 Å². The van der Waals surface area contributed by atoms with E-state index in [0.29, 0.717) is 25.1 Å². The highest BCUT2D eigenvalue weighted by molar-refractivity contribution is 5.85. The number of halogens is 1. The zero-order valence-electron chi connectivity index (χ0n) is 13.7. The SMILES string of the molecule is CCC(c1ccccc1)C1CCCN1C(=O)C1CNCCO1.Cl. The van der Waals surface area contributed by atoms with Crippen LogP contribution in [0.25, 0.3) is 0 Å². The number of morpholine rings is 1. The van der Waals surface area contributed by atoms with E-state index in [9.17, 15) is 4.79 Å². The number of carbonyl (C=O) groups excluding carboxylic acids is 1. The standard InChI is InChI=1S/C18H26N2O2.ClH/c1-2-15(14-7-4-3-5-8-14)16-9-6-11-20(16)18(21)17-13-19-10-12-22-17;/h3-5,7-8,15-17,19H,2,6,9-13H2,1H3;1H. The zero-order chi connectivity index (χ0) is 15.4. The summed E-state index contributed by atoms with van der Waals surface area (Å²) in [5.74, 6) is 0.591. The van der Waals surface area contributed by atoms with Crippen molar-refractivity contribution in [1.82, 2.24) is 10.2 Å². The Kier molecular flexibility index (Phi) is 6.88. The van der Waals surface area contributed by atoms with E-state index >= 15 is 0 Å². The van der Waals surface area contributed by atoms with E-state index in [2.05, 4.69) is 47.5 Å². The molecule has 2 saturated heterocycles. The first kappa shape index (κ1) is 18.2. The van der Waals surface area contributed by atoms with Crippen LogP contribution >= 0.6 is 12.4 Å². The Bertz CT molecular complexity index is 491. The highest BCUT2D eigenvalue weighted by atomic mass is 35.5. The number of nitrogens with one attached hydrogen (secondary N) is 1. The molecular weight excluding hydrogens is 312 g/mol. The third-order valence-corrected chi connectivity index (χ3v) is 4.92. The van der Waals surface area contributed by atoms with Gasteiger partial charge in [0.15, 0.2) is 0 Å². The molecule has 1 N–H and O–H groups in total. The highest BCUT2D eigenvalue weighted by Gasteiger charge is 2.38. The molecule has 0 spiro atoms. The quantitative estimate of drug-likeness (QED) is 0.917. The largest absolute Gasteiger partial charge is 0.366 e. The lowest BCUT2D eigenvalue weighted by Crippen LogP contribution is -2.51. The van der Waals surface area contributed by atoms with Crippen molar-refractivity contribution in [2.45, 2.75) is 44.2 Å². The molecular formula is C18H27ClN2O2. The van der Waals surface area contributed by atoms with E-state index in [1.54, 1.807) is 0 Å². The first-order valence-electron chi connectivity index (χ1n) is 8.49. The minimum Gasteiger partial charge on any atom is -0.366 e. The fourth-order valence-electron chi connectivity index (χ4n) is 3.82. The van der Waals surface area contributed by atoms with Crippen LogP contribution in [-0.4, -0.2) is 49.2 Å². The smallest absolute Gasteiger partial charge is 0.253 e. The topological polar surface area (TPSA) is 41.6 Å². The van der Waals surface area contributed by atoms with E-state index in [0.717, 1.165) is 32.4 Å². The second-order valence-corrected chi connectivity index (χ2v) is 6.23. The molecule has 3 unspecified atom stereocenters. The summed E-state index contributed by atoms with van der Waals surface area (Å²) in [6, 6.07) is 10.9. The summed E-state index contributed by atoms with van der Waals surface area (Å²) < 4.78 is 5.67. The van der Waals surface area contributed by atoms with E-state index < -0.39 is 0 Å². The van der Waals surface area contributed by atoms with E-state index in [-0.39, 0.29) is 24.4 Å². The summed E-state index contributed by atoms with van der Waals surface area (Å²) >= 11 is 0. The number of amides is 1. The van der Waals surface area contributed by atoms with E-state index in [1.165, 1.54) is 5.56 Å². The molecule has 128 valence electrons. The van der Waals surface area contributed by atoms with Crippen LogP contribution in [0.4, 0.5) is 0 Å². The third-order valence-electron chi connectivity index (χ3n) is 4.92. The lowest BCUT2D eigenvalue weighted by atomic mass is 9.87. The Hall–Kier alpha value is -1.10. The van der Waals surface area contributed by atoms with Crippen molar-refractivity contribution < 1.29 is 9.53 Å². The van der Waals surface area contributed by atoms with Crippen LogP contribution in [0.3, 0.4) is 0 Å². The number of hydrogen-bond donors (Lipinski definition) is 1. The summed E-state index contributed by atoms with van der Waals surface area (Å²) in [7, 11) is 0. The molecule has 1 amide bonds. The van der Waals surface area contributed by atoms with Gasteiger partial charge in [-0.15, -0.1) is 12.4 Å². The maximum absolute atomic E-state index is 12.8. The monoisotopic (exact) mass is 338 g/mol. The lowest BCUT2D eigenvalue weighted by molar-refractivity contribution is -0.146. The molecule has 5 heteroatoms. The molecule has 3 atom stereocenters. The van der Waals surface area contributed by atoms with Crippen molar-refractivity contribution in [1.29, 1.82) is 0 Å². The van der Waals surface area contributed by atoms with Gasteiger partial charge in [-0.2, -0.15) is 0 Å². The van der Waals surface area contributed by atoms with Gasteiger partial charge in [0.2, 0.25) is 0 Å². The molecule has 2 heterocycles. The van der Waals surface area contributed by atoms with Crippen molar-refractivity contribution in [3.8, 4) is 0 Å². The van der Waals surface area contributed by atoms with Gasteiger partial charge in [0, 0.05) is 31.6 Å². The van der Waals surface area contributed by atoms with Gasteiger partial charge in [0.05, 0.1) is 6.61 Å². The van der Waals surface area contributed by atoms with Crippen LogP contribution in [0.15, 0.2) is 30.3 Å². The Balaban J connectivity index is 0.00000192. The van der Waals surface area contributed by atoms with Crippen molar-refractivity contribution >= 4 is 18.3 Å². The number of benzene rings is 1. The first-order chi connectivity index (χ1) is 10.8. The number of hydrogen-bond acceptors (Lipinski definition) is 3. The average Bonchev–Trinajstić information content (AvgIpc) is 3.06. The minimum absolute atomic E-state index is 0. The van der Waals surface area contributed by atoms with Gasteiger partial charge >= 0.3 is 0 Å². The van der Waals surface area contributed by atoms with Crippen LogP contribution in [0, 0.1) is 0 Å². The van der Waals surface area contributed by atoms with Crippen molar-refractivity contribution in [3.63, 3.8) is 0 Å². The average molecular weight is 339 g/mol. The number of ether oxygens (including phenoxy) is 1. The second kappa shape index (κ2) is 8.67. The Morgan fingerprint density at radius 3 is 2.83 bits per heavy atom. The first-order valence-corrected chi connectivity index (χ1v) is 8.49. The van der Waals surface area contributed by atoms with E-state index in [1.807, 2.05) is 0 Å². The molecule has 3 rings (SSSR count). The molecule has 1 aromatic rings. The van der Waals surface area contributed by atoms with Crippen LogP contribution in [-0.2, 0) is 9.53 Å². The summed E-state index contributed by atoms with van der Waals surface area (Å²) in [5, 5.41) is 3.26. The van der Waals surface area contributed by atoms with Gasteiger partial charge in [0.25, 0.3) is 5.91 Å². The molecule has 0 radical (unpaired) electrons. The fraction of sp³-hybridized carbons (Fsp3) is 0.611. The van der Waals surface area contributed by atoms with Crippen LogP contribution in [0.2, 0.25) is 0 Å². The number of likely N-dealkylation sites (tertiary alicyclic amines) is 1. The predicted molar refractivity (Wildman–Crippen MR) is 94.1 cm³/mol. The lowest BCUT2D eigenvalue weighted by Gasteiger charge is -2.35. The molecule has 0 saturated carbocycles. The highest BCUT2D eigenvalue weighted by Crippen LogP contribution is 2.34. The van der Waals surface area contributed by atoms with Crippen LogP contribution in [0.1, 0.15) is 37.7 Å². The summed E-state index contributed by atoms with van der Waals surface area (Å²) in [6.07, 6.45) is 2.95. The number of carbonyl (C=O) groups is 1. The summed E-state index contributed by atoms with van der Waals surface area (Å²) in [5.41, 5.74) is 1.34. The molecule has 2 aliphatic heterocycles.